The number of nitrogens with one attached hydrogen (secondary N) is 1. The summed E-state index contributed by atoms with van der Waals surface area (Å²) in [5.74, 6) is 6.13. The van der Waals surface area contributed by atoms with E-state index in [0.29, 0.717) is 19.6 Å². The lowest BCUT2D eigenvalue weighted by Gasteiger charge is -2.19. The molecule has 0 aromatic carbocycles. The molecule has 19 heavy (non-hydrogen) atoms. The number of hydrogen-bond acceptors (Lipinski definition) is 2. The summed E-state index contributed by atoms with van der Waals surface area (Å²) in [6.45, 7) is 13.4. The minimum absolute atomic E-state index is 0.00494. The van der Waals surface area contributed by atoms with Crippen molar-refractivity contribution in [3.63, 3.8) is 0 Å². The molecule has 0 spiro atoms. The van der Waals surface area contributed by atoms with E-state index in [1.54, 1.807) is 0 Å². The molecule has 3 heteroatoms. The highest BCUT2D eigenvalue weighted by Crippen LogP contribution is 2.09. The zero-order valence-corrected chi connectivity index (χ0v) is 13.4. The average Bonchev–Trinajstić information content (AvgIpc) is 2.21. The Balaban J connectivity index is 3.58. The molecule has 1 N–H and O–H groups in total. The van der Waals surface area contributed by atoms with E-state index in [1.807, 2.05) is 20.8 Å². The molecule has 0 aliphatic rings. The Kier molecular flexibility index (Phi) is 7.78. The second kappa shape index (κ2) is 8.22. The molecule has 1 amide bonds. The second-order valence-corrected chi connectivity index (χ2v) is 6.75. The molecule has 0 atom stereocenters. The fourth-order valence-corrected chi connectivity index (χ4v) is 1.31. The first-order chi connectivity index (χ1) is 8.60. The summed E-state index contributed by atoms with van der Waals surface area (Å²) < 4.78 is 5.59. The van der Waals surface area contributed by atoms with Crippen molar-refractivity contribution in [3.8, 4) is 11.8 Å². The average molecular weight is 267 g/mol. The van der Waals surface area contributed by atoms with Gasteiger partial charge >= 0.3 is 0 Å². The maximum absolute atomic E-state index is 11.5. The van der Waals surface area contributed by atoms with Crippen molar-refractivity contribution < 1.29 is 9.53 Å². The summed E-state index contributed by atoms with van der Waals surface area (Å²) in [6.07, 6.45) is 2.32. The van der Waals surface area contributed by atoms with Crippen molar-refractivity contribution in [2.45, 2.75) is 66.4 Å². The van der Waals surface area contributed by atoms with Crippen molar-refractivity contribution in [3.05, 3.63) is 0 Å². The maximum atomic E-state index is 11.5. The van der Waals surface area contributed by atoms with Crippen LogP contribution in [0.5, 0.6) is 0 Å². The van der Waals surface area contributed by atoms with Crippen LogP contribution in [0, 0.1) is 17.3 Å². The van der Waals surface area contributed by atoms with E-state index >= 15 is 0 Å². The molecule has 0 rings (SSSR count). The van der Waals surface area contributed by atoms with Crippen LogP contribution < -0.4 is 5.32 Å². The molecule has 0 saturated heterocycles. The number of amides is 1. The van der Waals surface area contributed by atoms with Gasteiger partial charge in [-0.2, -0.15) is 0 Å². The van der Waals surface area contributed by atoms with E-state index in [2.05, 4.69) is 37.9 Å². The third-order valence-corrected chi connectivity index (χ3v) is 2.17. The van der Waals surface area contributed by atoms with Gasteiger partial charge in [0.25, 0.3) is 0 Å². The van der Waals surface area contributed by atoms with Crippen LogP contribution in [0.3, 0.4) is 0 Å². The van der Waals surface area contributed by atoms with Gasteiger partial charge in [-0.05, 0) is 54.4 Å². The fraction of sp³-hybridized carbons (Fsp3) is 0.812. The summed E-state index contributed by atoms with van der Waals surface area (Å²) in [5.41, 5.74) is -0.0974. The van der Waals surface area contributed by atoms with E-state index in [9.17, 15) is 4.79 Å². The topological polar surface area (TPSA) is 38.3 Å². The van der Waals surface area contributed by atoms with Crippen LogP contribution in [0.2, 0.25) is 0 Å². The Morgan fingerprint density at radius 3 is 2.26 bits per heavy atom. The summed E-state index contributed by atoms with van der Waals surface area (Å²) in [5, 5.41) is 2.81. The smallest absolute Gasteiger partial charge is 0.220 e. The molecule has 0 aliphatic heterocycles. The molecule has 0 aliphatic carbocycles. The van der Waals surface area contributed by atoms with E-state index in [0.717, 1.165) is 12.8 Å². The van der Waals surface area contributed by atoms with Gasteiger partial charge in [-0.25, -0.2) is 0 Å². The summed E-state index contributed by atoms with van der Waals surface area (Å²) >= 11 is 0. The van der Waals surface area contributed by atoms with Crippen molar-refractivity contribution >= 4 is 5.91 Å². The van der Waals surface area contributed by atoms with Crippen molar-refractivity contribution in [2.24, 2.45) is 5.41 Å². The molecule has 0 unspecified atom stereocenters. The largest absolute Gasteiger partial charge is 0.376 e. The van der Waals surface area contributed by atoms with Gasteiger partial charge in [-0.3, -0.25) is 4.79 Å². The van der Waals surface area contributed by atoms with Gasteiger partial charge in [0.15, 0.2) is 0 Å². The highest BCUT2D eigenvalue weighted by Gasteiger charge is 2.09. The van der Waals surface area contributed by atoms with Gasteiger partial charge in [0.2, 0.25) is 5.91 Å². The lowest BCUT2D eigenvalue weighted by molar-refractivity contribution is -0.121. The Hall–Kier alpha value is -1.01. The minimum atomic E-state index is -0.0925. The number of hydrogen-bond donors (Lipinski definition) is 1. The Labute approximate surface area is 118 Å². The SMILES string of the molecule is CC(C)(C)C#CCNC(=O)CCCCOC(C)(C)C. The van der Waals surface area contributed by atoms with Crippen LogP contribution >= 0.6 is 0 Å². The summed E-state index contributed by atoms with van der Waals surface area (Å²) in [7, 11) is 0. The van der Waals surface area contributed by atoms with Crippen molar-refractivity contribution in [2.75, 3.05) is 13.2 Å². The predicted octanol–water partition coefficient (Wildman–Crippen LogP) is 3.14. The van der Waals surface area contributed by atoms with E-state index in [-0.39, 0.29) is 16.9 Å². The molecule has 110 valence electrons. The normalized spacial score (nSPS) is 11.7. The third kappa shape index (κ3) is 14.9. The van der Waals surface area contributed by atoms with Gasteiger partial charge in [-0.1, -0.05) is 11.8 Å². The van der Waals surface area contributed by atoms with Crippen molar-refractivity contribution in [1.82, 2.24) is 5.32 Å². The number of carbonyl (C=O) groups excluding carboxylic acids is 1. The van der Waals surface area contributed by atoms with E-state index in [4.69, 9.17) is 4.74 Å². The number of ether oxygens (including phenoxy) is 1. The van der Waals surface area contributed by atoms with E-state index in [1.165, 1.54) is 0 Å². The number of carbonyl (C=O) groups is 1. The van der Waals surface area contributed by atoms with Crippen LogP contribution in [-0.2, 0) is 9.53 Å². The first kappa shape index (κ1) is 18.0. The molecule has 0 fully saturated rings. The molecule has 0 bridgehead atoms. The number of rotatable bonds is 6. The maximum Gasteiger partial charge on any atom is 0.220 e. The molecule has 0 radical (unpaired) electrons. The van der Waals surface area contributed by atoms with Crippen LogP contribution in [0.1, 0.15) is 60.8 Å². The van der Waals surface area contributed by atoms with Gasteiger partial charge in [-0.15, -0.1) is 0 Å². The number of unbranched alkanes of at least 4 members (excludes halogenated alkanes) is 1. The Bertz CT molecular complexity index is 323. The van der Waals surface area contributed by atoms with E-state index < -0.39 is 0 Å². The zero-order chi connectivity index (χ0) is 14.9. The minimum Gasteiger partial charge on any atom is -0.376 e. The molecular formula is C16H29NO2. The Morgan fingerprint density at radius 2 is 1.74 bits per heavy atom. The van der Waals surface area contributed by atoms with Gasteiger partial charge in [0, 0.05) is 18.4 Å². The predicted molar refractivity (Wildman–Crippen MR) is 79.8 cm³/mol. The lowest BCUT2D eigenvalue weighted by atomic mass is 9.98. The quantitative estimate of drug-likeness (QED) is 0.593. The van der Waals surface area contributed by atoms with Crippen LogP contribution in [0.25, 0.3) is 0 Å². The monoisotopic (exact) mass is 267 g/mol. The van der Waals surface area contributed by atoms with Crippen LogP contribution in [0.4, 0.5) is 0 Å². The molecule has 0 saturated carbocycles. The third-order valence-electron chi connectivity index (χ3n) is 2.17. The van der Waals surface area contributed by atoms with Crippen molar-refractivity contribution in [1.29, 1.82) is 0 Å². The fourth-order valence-electron chi connectivity index (χ4n) is 1.31. The van der Waals surface area contributed by atoms with Gasteiger partial charge in [0.1, 0.15) is 0 Å². The van der Waals surface area contributed by atoms with Crippen LogP contribution in [0.15, 0.2) is 0 Å². The molecule has 0 heterocycles. The van der Waals surface area contributed by atoms with Crippen LogP contribution in [-0.4, -0.2) is 24.7 Å². The molecule has 0 aromatic rings. The molecule has 0 aromatic heterocycles. The first-order valence-electron chi connectivity index (χ1n) is 7.01. The molecular weight excluding hydrogens is 238 g/mol. The Morgan fingerprint density at radius 1 is 1.11 bits per heavy atom. The van der Waals surface area contributed by atoms with Gasteiger partial charge < -0.3 is 10.1 Å². The zero-order valence-electron chi connectivity index (χ0n) is 13.4. The summed E-state index contributed by atoms with van der Waals surface area (Å²) in [6, 6.07) is 0. The summed E-state index contributed by atoms with van der Waals surface area (Å²) in [4.78, 5) is 11.5. The highest BCUT2D eigenvalue weighted by molar-refractivity contribution is 5.76. The highest BCUT2D eigenvalue weighted by atomic mass is 16.5. The standard InChI is InChI=1S/C16H29NO2/c1-15(2,3)11-9-12-17-14(18)10-7-8-13-19-16(4,5)6/h7-8,10,12-13H2,1-6H3,(H,17,18). The second-order valence-electron chi connectivity index (χ2n) is 6.75. The lowest BCUT2D eigenvalue weighted by Crippen LogP contribution is -2.24. The molecule has 3 nitrogen and oxygen atoms in total. The van der Waals surface area contributed by atoms with Gasteiger partial charge in [0.05, 0.1) is 12.1 Å². The first-order valence-corrected chi connectivity index (χ1v) is 7.01.